The van der Waals surface area contributed by atoms with Crippen LogP contribution in [0.4, 0.5) is 5.69 Å². The lowest BCUT2D eigenvalue weighted by Gasteiger charge is -2.32. The number of ether oxygens (including phenoxy) is 1. The lowest BCUT2D eigenvalue weighted by Crippen LogP contribution is -2.44. The van der Waals surface area contributed by atoms with Crippen molar-refractivity contribution in [3.8, 4) is 0 Å². The molecular weight excluding hydrogens is 288 g/mol. The van der Waals surface area contributed by atoms with Gasteiger partial charge in [-0.25, -0.2) is 0 Å². The molecule has 3 rings (SSSR count). The third-order valence-electron chi connectivity index (χ3n) is 4.42. The molecule has 1 aromatic rings. The van der Waals surface area contributed by atoms with Crippen molar-refractivity contribution < 1.29 is 9.53 Å². The number of carbonyl (C=O) groups is 1. The van der Waals surface area contributed by atoms with Crippen LogP contribution in [0.25, 0.3) is 0 Å². The summed E-state index contributed by atoms with van der Waals surface area (Å²) in [5, 5.41) is 0.551. The van der Waals surface area contributed by atoms with Gasteiger partial charge in [0.05, 0.1) is 18.2 Å². The van der Waals surface area contributed by atoms with Gasteiger partial charge in [-0.3, -0.25) is 9.69 Å². The summed E-state index contributed by atoms with van der Waals surface area (Å²) < 4.78 is 5.42. The molecule has 0 N–H and O–H groups in total. The SMILES string of the molecule is CC(=O)c1ccc(N2CCC(N3CCOCC3)C2)cc1Cl. The standard InChI is InChI=1S/C16H21ClN2O2/c1-12(20)15-3-2-13(10-16(15)17)19-5-4-14(11-19)18-6-8-21-9-7-18/h2-3,10,14H,4-9,11H2,1H3. The van der Waals surface area contributed by atoms with Gasteiger partial charge in [0.2, 0.25) is 0 Å². The third kappa shape index (κ3) is 3.23. The highest BCUT2D eigenvalue weighted by atomic mass is 35.5. The Hall–Kier alpha value is -1.10. The van der Waals surface area contributed by atoms with Crippen LogP contribution < -0.4 is 4.90 Å². The Morgan fingerprint density at radius 1 is 1.29 bits per heavy atom. The van der Waals surface area contributed by atoms with Crippen LogP contribution in [0.15, 0.2) is 18.2 Å². The summed E-state index contributed by atoms with van der Waals surface area (Å²) in [6.45, 7) is 7.36. The van der Waals surface area contributed by atoms with Crippen LogP contribution in [0.2, 0.25) is 5.02 Å². The summed E-state index contributed by atoms with van der Waals surface area (Å²) >= 11 is 6.21. The Balaban J connectivity index is 1.68. The molecule has 0 amide bonds. The summed E-state index contributed by atoms with van der Waals surface area (Å²) in [4.78, 5) is 16.3. The molecule has 2 heterocycles. The van der Waals surface area contributed by atoms with Crippen LogP contribution in [0.1, 0.15) is 23.7 Å². The maximum Gasteiger partial charge on any atom is 0.161 e. The molecule has 0 bridgehead atoms. The minimum Gasteiger partial charge on any atom is -0.379 e. The number of morpholine rings is 1. The van der Waals surface area contributed by atoms with E-state index in [4.69, 9.17) is 16.3 Å². The van der Waals surface area contributed by atoms with Gasteiger partial charge in [-0.1, -0.05) is 11.6 Å². The maximum absolute atomic E-state index is 11.4. The van der Waals surface area contributed by atoms with Gasteiger partial charge in [0.15, 0.2) is 5.78 Å². The molecule has 114 valence electrons. The van der Waals surface area contributed by atoms with Crippen LogP contribution in [0.5, 0.6) is 0 Å². The third-order valence-corrected chi connectivity index (χ3v) is 4.74. The highest BCUT2D eigenvalue weighted by Gasteiger charge is 2.29. The van der Waals surface area contributed by atoms with Gasteiger partial charge in [0.25, 0.3) is 0 Å². The van der Waals surface area contributed by atoms with E-state index in [0.29, 0.717) is 16.6 Å². The number of hydrogen-bond donors (Lipinski definition) is 0. The number of ketones is 1. The fourth-order valence-corrected chi connectivity index (χ4v) is 3.51. The first kappa shape index (κ1) is 14.8. The summed E-state index contributed by atoms with van der Waals surface area (Å²) in [7, 11) is 0. The first-order valence-electron chi connectivity index (χ1n) is 7.52. The van der Waals surface area contributed by atoms with Crippen LogP contribution in [0.3, 0.4) is 0 Å². The molecule has 0 radical (unpaired) electrons. The molecule has 5 heteroatoms. The van der Waals surface area contributed by atoms with Crippen molar-refractivity contribution >= 4 is 23.1 Å². The number of anilines is 1. The van der Waals surface area contributed by atoms with E-state index in [-0.39, 0.29) is 5.78 Å². The summed E-state index contributed by atoms with van der Waals surface area (Å²) in [6.07, 6.45) is 1.17. The number of nitrogens with zero attached hydrogens (tertiary/aromatic N) is 2. The molecule has 1 unspecified atom stereocenters. The number of hydrogen-bond acceptors (Lipinski definition) is 4. The Morgan fingerprint density at radius 3 is 2.71 bits per heavy atom. The smallest absolute Gasteiger partial charge is 0.161 e. The molecule has 4 nitrogen and oxygen atoms in total. The lowest BCUT2D eigenvalue weighted by atomic mass is 10.1. The van der Waals surface area contributed by atoms with E-state index >= 15 is 0 Å². The molecule has 0 aromatic heterocycles. The molecule has 21 heavy (non-hydrogen) atoms. The minimum absolute atomic E-state index is 0.0131. The van der Waals surface area contributed by atoms with Crippen LogP contribution >= 0.6 is 11.6 Å². The van der Waals surface area contributed by atoms with Crippen LogP contribution in [-0.4, -0.2) is 56.1 Å². The van der Waals surface area contributed by atoms with Crippen molar-refractivity contribution in [3.63, 3.8) is 0 Å². The summed E-state index contributed by atoms with van der Waals surface area (Å²) in [6, 6.07) is 6.35. The predicted octanol–water partition coefficient (Wildman–Crippen LogP) is 2.45. The van der Waals surface area contributed by atoms with E-state index in [1.807, 2.05) is 18.2 Å². The summed E-state index contributed by atoms with van der Waals surface area (Å²) in [5.74, 6) is 0.0131. The first-order chi connectivity index (χ1) is 10.1. The quantitative estimate of drug-likeness (QED) is 0.803. The van der Waals surface area contributed by atoms with Gasteiger partial charge in [-0.05, 0) is 31.5 Å². The highest BCUT2D eigenvalue weighted by molar-refractivity contribution is 6.34. The first-order valence-corrected chi connectivity index (χ1v) is 7.90. The molecule has 1 atom stereocenters. The zero-order valence-electron chi connectivity index (χ0n) is 12.3. The van der Waals surface area contributed by atoms with Crippen molar-refractivity contribution in [2.75, 3.05) is 44.3 Å². The molecule has 2 aliphatic rings. The second-order valence-electron chi connectivity index (χ2n) is 5.76. The molecule has 2 saturated heterocycles. The molecule has 2 fully saturated rings. The molecule has 2 aliphatic heterocycles. The van der Waals surface area contributed by atoms with E-state index in [1.54, 1.807) is 6.92 Å². The number of benzene rings is 1. The minimum atomic E-state index is 0.0131. The fourth-order valence-electron chi connectivity index (χ4n) is 3.20. The largest absolute Gasteiger partial charge is 0.379 e. The van der Waals surface area contributed by atoms with Gasteiger partial charge in [0.1, 0.15) is 0 Å². The van der Waals surface area contributed by atoms with Gasteiger partial charge in [0, 0.05) is 43.5 Å². The molecule has 0 saturated carbocycles. The molecule has 0 aliphatic carbocycles. The normalized spacial score (nSPS) is 23.5. The number of halogens is 1. The average Bonchev–Trinajstić information content (AvgIpc) is 2.97. The zero-order valence-corrected chi connectivity index (χ0v) is 13.1. The molecule has 0 spiro atoms. The van der Waals surface area contributed by atoms with Crippen molar-refractivity contribution in [1.29, 1.82) is 0 Å². The van der Waals surface area contributed by atoms with E-state index in [9.17, 15) is 4.79 Å². The number of rotatable bonds is 3. The van der Waals surface area contributed by atoms with Crippen molar-refractivity contribution in [2.45, 2.75) is 19.4 Å². The molecular formula is C16H21ClN2O2. The Kier molecular flexibility index (Phi) is 4.48. The van der Waals surface area contributed by atoms with Gasteiger partial charge in [-0.15, -0.1) is 0 Å². The molecule has 1 aromatic carbocycles. The van der Waals surface area contributed by atoms with Crippen LogP contribution in [-0.2, 0) is 4.74 Å². The van der Waals surface area contributed by atoms with E-state index in [2.05, 4.69) is 9.80 Å². The second kappa shape index (κ2) is 6.34. The monoisotopic (exact) mass is 308 g/mol. The Bertz CT molecular complexity index is 529. The van der Waals surface area contributed by atoms with Crippen molar-refractivity contribution in [2.24, 2.45) is 0 Å². The number of Topliss-reactive ketones (excluding diaryl/α,β-unsaturated/α-hetero) is 1. The predicted molar refractivity (Wildman–Crippen MR) is 84.5 cm³/mol. The van der Waals surface area contributed by atoms with Gasteiger partial charge in [-0.2, -0.15) is 0 Å². The van der Waals surface area contributed by atoms with E-state index in [0.717, 1.165) is 45.1 Å². The zero-order chi connectivity index (χ0) is 14.8. The van der Waals surface area contributed by atoms with E-state index < -0.39 is 0 Å². The highest BCUT2D eigenvalue weighted by Crippen LogP contribution is 2.28. The Morgan fingerprint density at radius 2 is 2.05 bits per heavy atom. The topological polar surface area (TPSA) is 32.8 Å². The Labute approximate surface area is 130 Å². The van der Waals surface area contributed by atoms with Gasteiger partial charge < -0.3 is 9.64 Å². The maximum atomic E-state index is 11.4. The fraction of sp³-hybridized carbons (Fsp3) is 0.562. The number of carbonyl (C=O) groups excluding carboxylic acids is 1. The summed E-state index contributed by atoms with van der Waals surface area (Å²) in [5.41, 5.74) is 1.71. The lowest BCUT2D eigenvalue weighted by molar-refractivity contribution is 0.0209. The van der Waals surface area contributed by atoms with Crippen molar-refractivity contribution in [1.82, 2.24) is 4.90 Å². The van der Waals surface area contributed by atoms with E-state index in [1.165, 1.54) is 6.42 Å². The van der Waals surface area contributed by atoms with Gasteiger partial charge >= 0.3 is 0 Å². The average molecular weight is 309 g/mol. The van der Waals surface area contributed by atoms with Crippen LogP contribution in [0, 0.1) is 0 Å². The van der Waals surface area contributed by atoms with Crippen molar-refractivity contribution in [3.05, 3.63) is 28.8 Å². The second-order valence-corrected chi connectivity index (χ2v) is 6.16.